The van der Waals surface area contributed by atoms with Crippen LogP contribution in [0.5, 0.6) is 0 Å². The Morgan fingerprint density at radius 2 is 1.62 bits per heavy atom. The summed E-state index contributed by atoms with van der Waals surface area (Å²) in [7, 11) is 0. The highest BCUT2D eigenvalue weighted by Gasteiger charge is 2.31. The van der Waals surface area contributed by atoms with E-state index in [0.29, 0.717) is 17.7 Å². The highest BCUT2D eigenvalue weighted by molar-refractivity contribution is 6.23. The van der Waals surface area contributed by atoms with Crippen LogP contribution < -0.4 is 0 Å². The third-order valence-electron chi connectivity index (χ3n) is 5.95. The second-order valence-electron chi connectivity index (χ2n) is 7.99. The van der Waals surface area contributed by atoms with Gasteiger partial charge in [-0.1, -0.05) is 66.2 Å². The summed E-state index contributed by atoms with van der Waals surface area (Å²) in [6, 6.07) is 24.0. The van der Waals surface area contributed by atoms with Crippen molar-refractivity contribution in [2.24, 2.45) is 0 Å². The number of allylic oxidation sites excluding steroid dienone is 2. The van der Waals surface area contributed by atoms with Gasteiger partial charge in [0.1, 0.15) is 5.69 Å². The molecule has 1 aliphatic rings. The van der Waals surface area contributed by atoms with E-state index in [-0.39, 0.29) is 5.91 Å². The summed E-state index contributed by atoms with van der Waals surface area (Å²) >= 11 is 0. The number of aromatic nitrogens is 3. The van der Waals surface area contributed by atoms with Crippen molar-refractivity contribution in [2.45, 2.75) is 13.3 Å². The minimum Gasteiger partial charge on any atom is -0.446 e. The molecule has 0 bridgehead atoms. The lowest BCUT2D eigenvalue weighted by molar-refractivity contribution is 0.0958. The van der Waals surface area contributed by atoms with Crippen molar-refractivity contribution in [3.05, 3.63) is 102 Å². The van der Waals surface area contributed by atoms with Gasteiger partial charge in [-0.05, 0) is 24.6 Å². The number of furan rings is 1. The lowest BCUT2D eigenvalue weighted by Gasteiger charge is -2.19. The first-order chi connectivity index (χ1) is 15.7. The lowest BCUT2D eigenvalue weighted by atomic mass is 9.91. The summed E-state index contributed by atoms with van der Waals surface area (Å²) in [6.45, 7) is 2.01. The molecular formula is C27H19N3O2. The molecule has 154 valence electrons. The Kier molecular flexibility index (Phi) is 4.15. The van der Waals surface area contributed by atoms with Crippen LogP contribution in [-0.4, -0.2) is 20.7 Å². The van der Waals surface area contributed by atoms with Gasteiger partial charge < -0.3 is 4.42 Å². The van der Waals surface area contributed by atoms with Gasteiger partial charge >= 0.3 is 0 Å². The first-order valence-electron chi connectivity index (χ1n) is 10.5. The average Bonchev–Trinajstić information content (AvgIpc) is 3.45. The molecule has 0 radical (unpaired) electrons. The second-order valence-corrected chi connectivity index (χ2v) is 7.99. The van der Waals surface area contributed by atoms with Gasteiger partial charge in [0.15, 0.2) is 0 Å². The molecule has 3 aromatic heterocycles. The first kappa shape index (κ1) is 18.5. The Labute approximate surface area is 184 Å². The number of hydrogen-bond donors (Lipinski definition) is 0. The minimum absolute atomic E-state index is 0.132. The molecule has 0 spiro atoms. The molecule has 0 fully saturated rings. The van der Waals surface area contributed by atoms with Crippen LogP contribution in [0, 0.1) is 0 Å². The third kappa shape index (κ3) is 2.82. The summed E-state index contributed by atoms with van der Waals surface area (Å²) in [5, 5.41) is 5.71. The average molecular weight is 417 g/mol. The zero-order chi connectivity index (χ0) is 21.7. The molecule has 0 saturated heterocycles. The van der Waals surface area contributed by atoms with Crippen LogP contribution in [0.25, 0.3) is 39.1 Å². The van der Waals surface area contributed by atoms with E-state index in [2.05, 4.69) is 17.1 Å². The number of rotatable bonds is 3. The first-order valence-corrected chi connectivity index (χ1v) is 10.5. The van der Waals surface area contributed by atoms with E-state index in [4.69, 9.17) is 9.52 Å². The van der Waals surface area contributed by atoms with Crippen LogP contribution in [-0.2, 0) is 6.42 Å². The molecule has 5 heteroatoms. The molecule has 4 heterocycles. The van der Waals surface area contributed by atoms with Crippen LogP contribution in [0.4, 0.5) is 0 Å². The van der Waals surface area contributed by atoms with Crippen molar-refractivity contribution >= 4 is 22.6 Å². The zero-order valence-electron chi connectivity index (χ0n) is 17.4. The monoisotopic (exact) mass is 417 g/mol. The summed E-state index contributed by atoms with van der Waals surface area (Å²) in [4.78, 5) is 18.1. The molecule has 2 aromatic carbocycles. The molecule has 32 heavy (non-hydrogen) atoms. The molecule has 0 N–H and O–H groups in total. The maximum atomic E-state index is 13.7. The van der Waals surface area contributed by atoms with Crippen LogP contribution in [0.2, 0.25) is 0 Å². The predicted molar refractivity (Wildman–Crippen MR) is 124 cm³/mol. The molecule has 6 rings (SSSR count). The number of carbonyl (C=O) groups is 1. The Morgan fingerprint density at radius 1 is 0.906 bits per heavy atom. The third-order valence-corrected chi connectivity index (χ3v) is 5.95. The van der Waals surface area contributed by atoms with E-state index in [1.165, 1.54) is 0 Å². The Bertz CT molecular complexity index is 1510. The van der Waals surface area contributed by atoms with Gasteiger partial charge in [0.25, 0.3) is 5.91 Å². The number of hydrogen-bond acceptors (Lipinski definition) is 4. The van der Waals surface area contributed by atoms with Crippen LogP contribution in [0.15, 0.2) is 95.2 Å². The topological polar surface area (TPSA) is 60.9 Å². The van der Waals surface area contributed by atoms with Gasteiger partial charge in [-0.3, -0.25) is 4.79 Å². The van der Waals surface area contributed by atoms with E-state index in [0.717, 1.165) is 44.6 Å². The van der Waals surface area contributed by atoms with Crippen molar-refractivity contribution in [3.8, 4) is 22.4 Å². The summed E-state index contributed by atoms with van der Waals surface area (Å²) in [6.07, 6.45) is 3.94. The van der Waals surface area contributed by atoms with E-state index >= 15 is 0 Å². The maximum Gasteiger partial charge on any atom is 0.279 e. The molecule has 0 atom stereocenters. The molecule has 0 unspecified atom stereocenters. The van der Waals surface area contributed by atoms with Crippen LogP contribution in [0.3, 0.4) is 0 Å². The van der Waals surface area contributed by atoms with Gasteiger partial charge in [0, 0.05) is 40.3 Å². The highest BCUT2D eigenvalue weighted by atomic mass is 16.3. The van der Waals surface area contributed by atoms with Gasteiger partial charge in [-0.15, -0.1) is 0 Å². The van der Waals surface area contributed by atoms with E-state index < -0.39 is 0 Å². The normalized spacial score (nSPS) is 13.6. The van der Waals surface area contributed by atoms with Crippen molar-refractivity contribution < 1.29 is 9.21 Å². The van der Waals surface area contributed by atoms with Gasteiger partial charge in [-0.2, -0.15) is 9.78 Å². The largest absolute Gasteiger partial charge is 0.446 e. The molecular weight excluding hydrogens is 398 g/mol. The fourth-order valence-corrected chi connectivity index (χ4v) is 4.48. The molecule has 0 aliphatic carbocycles. The fraction of sp³-hybridized carbons (Fsp3) is 0.0741. The van der Waals surface area contributed by atoms with Crippen molar-refractivity contribution in [3.63, 3.8) is 0 Å². The Morgan fingerprint density at radius 3 is 2.38 bits per heavy atom. The molecule has 5 nitrogen and oxygen atoms in total. The smallest absolute Gasteiger partial charge is 0.279 e. The number of pyridine rings is 1. The number of benzene rings is 2. The Hall–Kier alpha value is -4.25. The fourth-order valence-electron chi connectivity index (χ4n) is 4.48. The molecule has 0 amide bonds. The Balaban J connectivity index is 1.55. The number of nitrogens with zero attached hydrogens (tertiary/aromatic N) is 3. The minimum atomic E-state index is -0.132. The molecule has 1 aliphatic heterocycles. The van der Waals surface area contributed by atoms with Crippen molar-refractivity contribution in [1.82, 2.24) is 14.8 Å². The zero-order valence-corrected chi connectivity index (χ0v) is 17.4. The van der Waals surface area contributed by atoms with Gasteiger partial charge in [-0.25, -0.2) is 4.98 Å². The highest BCUT2D eigenvalue weighted by Crippen LogP contribution is 2.39. The summed E-state index contributed by atoms with van der Waals surface area (Å²) < 4.78 is 6.93. The van der Waals surface area contributed by atoms with Crippen LogP contribution >= 0.6 is 0 Å². The maximum absolute atomic E-state index is 13.7. The second kappa shape index (κ2) is 7.17. The van der Waals surface area contributed by atoms with Gasteiger partial charge in [0.05, 0.1) is 12.0 Å². The predicted octanol–water partition coefficient (Wildman–Crippen LogP) is 6.03. The lowest BCUT2D eigenvalue weighted by Crippen LogP contribution is -2.23. The van der Waals surface area contributed by atoms with E-state index in [9.17, 15) is 4.79 Å². The van der Waals surface area contributed by atoms with Crippen molar-refractivity contribution in [1.29, 1.82) is 0 Å². The molecule has 5 aromatic rings. The van der Waals surface area contributed by atoms with Crippen molar-refractivity contribution in [2.75, 3.05) is 0 Å². The standard InChI is InChI=1S/C27H19N3O2/c1-17-14-22-24(18-8-4-2-5-9-18)25(19-10-6-3-7-11-19)29-30(22)27(31)23(17)21-15-20-12-13-32-26(20)28-16-21/h2-13,15-16H,14H2,1H3. The van der Waals surface area contributed by atoms with Gasteiger partial charge in [0.2, 0.25) is 5.71 Å². The SMILES string of the molecule is CC1=C(c2cnc3occc3c2)C(=O)n2nc(-c3ccccc3)c(-c3ccccc3)c2C1. The van der Waals surface area contributed by atoms with Crippen LogP contribution in [0.1, 0.15) is 23.0 Å². The number of fused-ring (bicyclic) bond motifs is 2. The van der Waals surface area contributed by atoms with E-state index in [1.54, 1.807) is 17.1 Å². The van der Waals surface area contributed by atoms with E-state index in [1.807, 2.05) is 67.6 Å². The molecule has 0 saturated carbocycles. The summed E-state index contributed by atoms with van der Waals surface area (Å²) in [5.74, 6) is -0.132. The summed E-state index contributed by atoms with van der Waals surface area (Å²) in [5.41, 5.74) is 7.78. The number of carbonyl (C=O) groups excluding carboxylic acids is 1. The quantitative estimate of drug-likeness (QED) is 0.360.